The van der Waals surface area contributed by atoms with Crippen LogP contribution in [0.5, 0.6) is 0 Å². The van der Waals surface area contributed by atoms with E-state index >= 15 is 0 Å². The first-order valence-corrected chi connectivity index (χ1v) is 11.5. The first-order chi connectivity index (χ1) is 16.4. The van der Waals surface area contributed by atoms with Crippen molar-refractivity contribution in [3.63, 3.8) is 0 Å². The zero-order valence-electron chi connectivity index (χ0n) is 19.5. The lowest BCUT2D eigenvalue weighted by molar-refractivity contribution is -0.142. The highest BCUT2D eigenvalue weighted by Crippen LogP contribution is 2.40. The highest BCUT2D eigenvalue weighted by Gasteiger charge is 2.53. The van der Waals surface area contributed by atoms with Crippen molar-refractivity contribution in [3.05, 3.63) is 60.2 Å². The summed E-state index contributed by atoms with van der Waals surface area (Å²) in [4.78, 5) is 55.4. The fourth-order valence-corrected chi connectivity index (χ4v) is 4.69. The molecule has 2 heterocycles. The average molecular weight is 464 g/mol. The molecule has 34 heavy (non-hydrogen) atoms. The summed E-state index contributed by atoms with van der Waals surface area (Å²) in [5, 5.41) is 0. The highest BCUT2D eigenvalue weighted by molar-refractivity contribution is 6.10. The molecule has 2 aromatic carbocycles. The smallest absolute Gasteiger partial charge is 0.409 e. The van der Waals surface area contributed by atoms with E-state index < -0.39 is 5.41 Å². The minimum atomic E-state index is -1.23. The number of amides is 4. The summed E-state index contributed by atoms with van der Waals surface area (Å²) in [5.74, 6) is -0.854. The number of likely N-dealkylation sites (N-methyl/N-ethyl adjacent to an activating group) is 1. The number of hydrogen-bond acceptors (Lipinski definition) is 5. The third-order valence-corrected chi connectivity index (χ3v) is 6.70. The van der Waals surface area contributed by atoms with Crippen LogP contribution in [0.15, 0.2) is 54.6 Å². The Labute approximate surface area is 199 Å². The minimum absolute atomic E-state index is 0.0401. The molecule has 0 spiro atoms. The van der Waals surface area contributed by atoms with Crippen molar-refractivity contribution in [2.24, 2.45) is 0 Å². The second-order valence-corrected chi connectivity index (χ2v) is 8.70. The maximum atomic E-state index is 13.3. The number of benzene rings is 2. The Hall–Kier alpha value is -3.68. The number of carbonyl (C=O) groups is 4. The number of rotatable bonds is 5. The molecule has 2 aliphatic rings. The third-order valence-electron chi connectivity index (χ3n) is 6.70. The lowest BCUT2D eigenvalue weighted by Gasteiger charge is -2.36. The molecule has 8 nitrogen and oxygen atoms in total. The van der Waals surface area contributed by atoms with Gasteiger partial charge < -0.3 is 14.5 Å². The molecule has 2 aromatic rings. The van der Waals surface area contributed by atoms with Gasteiger partial charge in [0.2, 0.25) is 17.7 Å². The molecule has 0 unspecified atom stereocenters. The summed E-state index contributed by atoms with van der Waals surface area (Å²) in [6.45, 7) is 3.51. The number of hydrogen-bond donors (Lipinski definition) is 0. The van der Waals surface area contributed by atoms with Crippen LogP contribution in [0.3, 0.4) is 0 Å². The van der Waals surface area contributed by atoms with Gasteiger partial charge in [-0.2, -0.15) is 0 Å². The highest BCUT2D eigenvalue weighted by atomic mass is 16.6. The summed E-state index contributed by atoms with van der Waals surface area (Å²) < 4.78 is 5.03. The summed E-state index contributed by atoms with van der Waals surface area (Å²) in [6.07, 6.45) is -0.518. The molecular formula is C26H29N3O5. The molecule has 4 rings (SSSR count). The monoisotopic (exact) mass is 463 g/mol. The van der Waals surface area contributed by atoms with Crippen molar-refractivity contribution in [1.29, 1.82) is 0 Å². The Kier molecular flexibility index (Phi) is 6.68. The second-order valence-electron chi connectivity index (χ2n) is 8.70. The van der Waals surface area contributed by atoms with E-state index in [4.69, 9.17) is 4.74 Å². The molecule has 0 radical (unpaired) electrons. The van der Waals surface area contributed by atoms with Crippen molar-refractivity contribution >= 4 is 23.8 Å². The predicted molar refractivity (Wildman–Crippen MR) is 126 cm³/mol. The maximum absolute atomic E-state index is 13.3. The van der Waals surface area contributed by atoms with E-state index in [-0.39, 0.29) is 36.7 Å². The van der Waals surface area contributed by atoms with Gasteiger partial charge in [-0.15, -0.1) is 0 Å². The van der Waals surface area contributed by atoms with Gasteiger partial charge in [0.1, 0.15) is 0 Å². The number of imide groups is 1. The molecule has 2 saturated heterocycles. The van der Waals surface area contributed by atoms with E-state index in [9.17, 15) is 19.2 Å². The Morgan fingerprint density at radius 1 is 0.882 bits per heavy atom. The molecule has 0 N–H and O–H groups in total. The van der Waals surface area contributed by atoms with Crippen LogP contribution in [0.25, 0.3) is 11.1 Å². The summed E-state index contributed by atoms with van der Waals surface area (Å²) in [6, 6.07) is 17.4. The van der Waals surface area contributed by atoms with Crippen molar-refractivity contribution in [2.75, 3.05) is 39.8 Å². The predicted octanol–water partition coefficient (Wildman–Crippen LogP) is 2.67. The average Bonchev–Trinajstić information content (AvgIpc) is 3.09. The molecule has 8 heteroatoms. The van der Waals surface area contributed by atoms with E-state index in [0.29, 0.717) is 38.3 Å². The zero-order chi connectivity index (χ0) is 24.3. The number of nitrogens with zero attached hydrogens (tertiary/aromatic N) is 3. The molecule has 178 valence electrons. The largest absolute Gasteiger partial charge is 0.450 e. The van der Waals surface area contributed by atoms with Gasteiger partial charge in [-0.25, -0.2) is 4.79 Å². The van der Waals surface area contributed by atoms with Gasteiger partial charge in [-0.3, -0.25) is 19.3 Å². The first kappa shape index (κ1) is 23.5. The maximum Gasteiger partial charge on any atom is 0.409 e. The van der Waals surface area contributed by atoms with Gasteiger partial charge in [0.05, 0.1) is 12.0 Å². The fraction of sp³-hybridized carbons (Fsp3) is 0.385. The topological polar surface area (TPSA) is 87.2 Å². The molecule has 1 atom stereocenters. The number of carbonyl (C=O) groups excluding carboxylic acids is 4. The van der Waals surface area contributed by atoms with Crippen molar-refractivity contribution in [1.82, 2.24) is 14.7 Å². The molecule has 0 bridgehead atoms. The van der Waals surface area contributed by atoms with E-state index in [1.165, 1.54) is 7.05 Å². The Morgan fingerprint density at radius 2 is 1.47 bits per heavy atom. The van der Waals surface area contributed by atoms with Crippen LogP contribution < -0.4 is 0 Å². The molecule has 0 aromatic heterocycles. The normalized spacial score (nSPS) is 20.6. The standard InChI is InChI=1S/C26H29N3O5/c1-3-34-25(33)29-15-13-28(14-16-29)23(31)18-26(17-22(30)27(2)24(26)32)21-11-9-20(10-12-21)19-7-5-4-6-8-19/h4-12H,3,13-18H2,1-2H3/t26-/m0/s1. The van der Waals surface area contributed by atoms with E-state index in [1.807, 2.05) is 54.6 Å². The van der Waals surface area contributed by atoms with Crippen molar-refractivity contribution < 1.29 is 23.9 Å². The third kappa shape index (κ3) is 4.40. The van der Waals surface area contributed by atoms with Crippen LogP contribution >= 0.6 is 0 Å². The summed E-state index contributed by atoms with van der Waals surface area (Å²) in [7, 11) is 1.47. The summed E-state index contributed by atoms with van der Waals surface area (Å²) >= 11 is 0. The number of likely N-dealkylation sites (tertiary alicyclic amines) is 1. The molecule has 2 fully saturated rings. The Balaban J connectivity index is 1.54. The van der Waals surface area contributed by atoms with Crippen molar-refractivity contribution in [2.45, 2.75) is 25.2 Å². The Bertz CT molecular complexity index is 1080. The first-order valence-electron chi connectivity index (χ1n) is 11.5. The molecular weight excluding hydrogens is 434 g/mol. The van der Waals surface area contributed by atoms with Gasteiger partial charge >= 0.3 is 6.09 Å². The number of piperazine rings is 1. The van der Waals surface area contributed by atoms with Gasteiger partial charge in [0.15, 0.2) is 0 Å². The second kappa shape index (κ2) is 9.67. The van der Waals surface area contributed by atoms with Gasteiger partial charge in [-0.05, 0) is 23.6 Å². The number of ether oxygens (including phenoxy) is 1. The van der Waals surface area contributed by atoms with Gasteiger partial charge in [0.25, 0.3) is 0 Å². The van der Waals surface area contributed by atoms with Crippen molar-refractivity contribution in [3.8, 4) is 11.1 Å². The fourth-order valence-electron chi connectivity index (χ4n) is 4.69. The lowest BCUT2D eigenvalue weighted by Crippen LogP contribution is -2.52. The van der Waals surface area contributed by atoms with Crippen LogP contribution in [0.4, 0.5) is 4.79 Å². The van der Waals surface area contributed by atoms with Crippen LogP contribution in [-0.2, 0) is 24.5 Å². The van der Waals surface area contributed by atoms with E-state index in [0.717, 1.165) is 16.0 Å². The van der Waals surface area contributed by atoms with Crippen LogP contribution in [0.2, 0.25) is 0 Å². The molecule has 0 saturated carbocycles. The van der Waals surface area contributed by atoms with Gasteiger partial charge in [0, 0.05) is 46.1 Å². The quantitative estimate of drug-likeness (QED) is 0.637. The molecule has 4 amide bonds. The van der Waals surface area contributed by atoms with Crippen LogP contribution in [0, 0.1) is 0 Å². The van der Waals surface area contributed by atoms with E-state index in [1.54, 1.807) is 16.7 Å². The lowest BCUT2D eigenvalue weighted by atomic mass is 9.75. The summed E-state index contributed by atoms with van der Waals surface area (Å²) in [5.41, 5.74) is 1.47. The molecule has 2 aliphatic heterocycles. The minimum Gasteiger partial charge on any atom is -0.450 e. The van der Waals surface area contributed by atoms with Crippen LogP contribution in [0.1, 0.15) is 25.3 Å². The zero-order valence-corrected chi connectivity index (χ0v) is 19.5. The van der Waals surface area contributed by atoms with E-state index in [2.05, 4.69) is 0 Å². The van der Waals surface area contributed by atoms with Gasteiger partial charge in [-0.1, -0.05) is 54.6 Å². The molecule has 0 aliphatic carbocycles. The SMILES string of the molecule is CCOC(=O)N1CCN(C(=O)C[C@]2(c3ccc(-c4ccccc4)cc3)CC(=O)N(C)C2=O)CC1. The van der Waals surface area contributed by atoms with Crippen LogP contribution in [-0.4, -0.2) is 78.3 Å². The Morgan fingerprint density at radius 3 is 2.03 bits per heavy atom.